The number of aromatic nitrogens is 1. The lowest BCUT2D eigenvalue weighted by atomic mass is 9.96. The molecule has 1 aromatic carbocycles. The van der Waals surface area contributed by atoms with Gasteiger partial charge >= 0.3 is 6.03 Å². The van der Waals surface area contributed by atoms with E-state index in [-0.39, 0.29) is 12.1 Å². The largest absolute Gasteiger partial charge is 0.496 e. The summed E-state index contributed by atoms with van der Waals surface area (Å²) in [5, 5.41) is 9.18. The Kier molecular flexibility index (Phi) is 6.90. The van der Waals surface area contributed by atoms with Gasteiger partial charge in [0.15, 0.2) is 0 Å². The second-order valence-electron chi connectivity index (χ2n) is 6.85. The maximum Gasteiger partial charge on any atom is 0.320 e. The Labute approximate surface area is 160 Å². The van der Waals surface area contributed by atoms with E-state index in [1.54, 1.807) is 13.3 Å². The van der Waals surface area contributed by atoms with Gasteiger partial charge in [0.2, 0.25) is 0 Å². The topological polar surface area (TPSA) is 75.3 Å². The number of hydrogen-bond acceptors (Lipinski definition) is 4. The van der Waals surface area contributed by atoms with Crippen molar-refractivity contribution in [2.75, 3.05) is 24.3 Å². The number of methoxy groups -OCH3 is 1. The molecule has 0 bridgehead atoms. The van der Waals surface area contributed by atoms with Crippen LogP contribution in [0.2, 0.25) is 0 Å². The zero-order chi connectivity index (χ0) is 18.9. The number of anilines is 2. The van der Waals surface area contributed by atoms with Crippen molar-refractivity contribution in [1.82, 2.24) is 10.3 Å². The van der Waals surface area contributed by atoms with Crippen LogP contribution in [0, 0.1) is 0 Å². The summed E-state index contributed by atoms with van der Waals surface area (Å²) < 4.78 is 5.37. The molecule has 1 aromatic heterocycles. The molecule has 1 fully saturated rings. The van der Waals surface area contributed by atoms with Gasteiger partial charge in [0, 0.05) is 12.6 Å². The van der Waals surface area contributed by atoms with Crippen molar-refractivity contribution in [1.29, 1.82) is 0 Å². The van der Waals surface area contributed by atoms with Gasteiger partial charge in [-0.15, -0.1) is 0 Å². The van der Waals surface area contributed by atoms with Crippen molar-refractivity contribution in [3.63, 3.8) is 0 Å². The van der Waals surface area contributed by atoms with E-state index >= 15 is 0 Å². The van der Waals surface area contributed by atoms with Crippen LogP contribution in [-0.4, -0.2) is 30.7 Å². The number of amides is 2. The van der Waals surface area contributed by atoms with Crippen LogP contribution < -0.4 is 20.7 Å². The molecule has 0 spiro atoms. The Hall–Kier alpha value is -2.76. The number of urea groups is 1. The summed E-state index contributed by atoms with van der Waals surface area (Å²) in [7, 11) is 1.69. The summed E-state index contributed by atoms with van der Waals surface area (Å²) in [6.07, 6.45) is 8.38. The highest BCUT2D eigenvalue weighted by molar-refractivity contribution is 5.88. The molecule has 0 atom stereocenters. The van der Waals surface area contributed by atoms with Crippen LogP contribution in [0.15, 0.2) is 42.6 Å². The number of para-hydroxylation sites is 1. The second kappa shape index (κ2) is 9.80. The van der Waals surface area contributed by atoms with Crippen LogP contribution in [0.3, 0.4) is 0 Å². The maximum absolute atomic E-state index is 12.1. The molecule has 27 heavy (non-hydrogen) atoms. The molecule has 0 saturated heterocycles. The molecule has 0 unspecified atom stereocenters. The van der Waals surface area contributed by atoms with Crippen molar-refractivity contribution in [3.05, 3.63) is 48.2 Å². The lowest BCUT2D eigenvalue weighted by molar-refractivity contribution is 0.244. The highest BCUT2D eigenvalue weighted by Gasteiger charge is 2.15. The molecule has 0 aliphatic heterocycles. The van der Waals surface area contributed by atoms with Crippen LogP contribution in [-0.2, 0) is 6.42 Å². The third kappa shape index (κ3) is 5.88. The first kappa shape index (κ1) is 19.0. The van der Waals surface area contributed by atoms with Crippen LogP contribution in [0.25, 0.3) is 0 Å². The zero-order valence-electron chi connectivity index (χ0n) is 15.8. The second-order valence-corrected chi connectivity index (χ2v) is 6.85. The average Bonchev–Trinajstić information content (AvgIpc) is 2.70. The Bertz CT molecular complexity index is 727. The van der Waals surface area contributed by atoms with Gasteiger partial charge in [0.1, 0.15) is 11.6 Å². The van der Waals surface area contributed by atoms with E-state index < -0.39 is 0 Å². The van der Waals surface area contributed by atoms with Crippen LogP contribution in [0.1, 0.15) is 37.7 Å². The van der Waals surface area contributed by atoms with Crippen molar-refractivity contribution in [2.24, 2.45) is 0 Å². The molecule has 1 aliphatic rings. The van der Waals surface area contributed by atoms with E-state index in [0.717, 1.165) is 42.8 Å². The normalized spacial score (nSPS) is 14.4. The average molecular weight is 368 g/mol. The first-order valence-electron chi connectivity index (χ1n) is 9.64. The van der Waals surface area contributed by atoms with Gasteiger partial charge in [-0.05, 0) is 43.0 Å². The highest BCUT2D eigenvalue weighted by atomic mass is 16.5. The Balaban J connectivity index is 1.43. The molecule has 2 aromatic rings. The molecule has 0 radical (unpaired) electrons. The number of pyridine rings is 1. The van der Waals surface area contributed by atoms with E-state index in [9.17, 15) is 4.79 Å². The number of carbonyl (C=O) groups is 1. The zero-order valence-corrected chi connectivity index (χ0v) is 15.8. The summed E-state index contributed by atoms with van der Waals surface area (Å²) >= 11 is 0. The molecule has 1 aliphatic carbocycles. The van der Waals surface area contributed by atoms with Gasteiger partial charge < -0.3 is 15.4 Å². The fourth-order valence-corrected chi connectivity index (χ4v) is 3.41. The minimum absolute atomic E-state index is 0.175. The van der Waals surface area contributed by atoms with E-state index in [0.29, 0.717) is 5.82 Å². The van der Waals surface area contributed by atoms with Gasteiger partial charge in [0.05, 0.1) is 19.0 Å². The standard InChI is InChI=1S/C21H28N4O2/c1-27-19-10-6-5-7-16(19)13-14-22-18-11-12-20(23-15-18)25-21(26)24-17-8-3-2-4-9-17/h5-7,10-12,15,17,22H,2-4,8-9,13-14H2,1H3,(H2,23,24,25,26). The Morgan fingerprint density at radius 1 is 1.15 bits per heavy atom. The number of rotatable bonds is 7. The van der Waals surface area contributed by atoms with Crippen molar-refractivity contribution < 1.29 is 9.53 Å². The number of hydrogen-bond donors (Lipinski definition) is 3. The minimum Gasteiger partial charge on any atom is -0.496 e. The first-order valence-corrected chi connectivity index (χ1v) is 9.64. The third-order valence-electron chi connectivity index (χ3n) is 4.86. The van der Waals surface area contributed by atoms with Gasteiger partial charge in [-0.3, -0.25) is 5.32 Å². The summed E-state index contributed by atoms with van der Waals surface area (Å²) in [4.78, 5) is 16.4. The quantitative estimate of drug-likeness (QED) is 0.685. The predicted octanol–water partition coefficient (Wildman–Crippen LogP) is 4.20. The molecule has 144 valence electrons. The van der Waals surface area contributed by atoms with Crippen LogP contribution in [0.4, 0.5) is 16.3 Å². The van der Waals surface area contributed by atoms with Crippen molar-refractivity contribution in [2.45, 2.75) is 44.6 Å². The molecule has 1 saturated carbocycles. The van der Waals surface area contributed by atoms with E-state index in [1.807, 2.05) is 30.3 Å². The number of benzene rings is 1. The summed E-state index contributed by atoms with van der Waals surface area (Å²) in [5.74, 6) is 1.46. The number of ether oxygens (including phenoxy) is 1. The molecule has 3 rings (SSSR count). The van der Waals surface area contributed by atoms with Gasteiger partial charge in [0.25, 0.3) is 0 Å². The number of nitrogens with zero attached hydrogens (tertiary/aromatic N) is 1. The SMILES string of the molecule is COc1ccccc1CCNc1ccc(NC(=O)NC2CCCCC2)nc1. The summed E-state index contributed by atoms with van der Waals surface area (Å²) in [5.41, 5.74) is 2.08. The Morgan fingerprint density at radius 3 is 2.70 bits per heavy atom. The van der Waals surface area contributed by atoms with Gasteiger partial charge in [-0.2, -0.15) is 0 Å². The van der Waals surface area contributed by atoms with E-state index in [2.05, 4.69) is 27.0 Å². The molecule has 3 N–H and O–H groups in total. The number of carbonyl (C=O) groups excluding carboxylic acids is 1. The maximum atomic E-state index is 12.1. The number of nitrogens with one attached hydrogen (secondary N) is 3. The van der Waals surface area contributed by atoms with Crippen molar-refractivity contribution >= 4 is 17.5 Å². The minimum atomic E-state index is -0.175. The molecular formula is C21H28N4O2. The fraction of sp³-hybridized carbons (Fsp3) is 0.429. The van der Waals surface area contributed by atoms with Crippen LogP contribution >= 0.6 is 0 Å². The van der Waals surface area contributed by atoms with E-state index in [1.165, 1.54) is 19.3 Å². The smallest absolute Gasteiger partial charge is 0.320 e. The molecule has 6 nitrogen and oxygen atoms in total. The molecular weight excluding hydrogens is 340 g/mol. The third-order valence-corrected chi connectivity index (χ3v) is 4.86. The van der Waals surface area contributed by atoms with Gasteiger partial charge in [-0.25, -0.2) is 9.78 Å². The van der Waals surface area contributed by atoms with Gasteiger partial charge in [-0.1, -0.05) is 37.5 Å². The summed E-state index contributed by atoms with van der Waals surface area (Å²) in [6, 6.07) is 11.9. The monoisotopic (exact) mass is 368 g/mol. The molecule has 2 amide bonds. The van der Waals surface area contributed by atoms with Crippen molar-refractivity contribution in [3.8, 4) is 5.75 Å². The first-order chi connectivity index (χ1) is 13.2. The lowest BCUT2D eigenvalue weighted by Gasteiger charge is -2.22. The lowest BCUT2D eigenvalue weighted by Crippen LogP contribution is -2.39. The predicted molar refractivity (Wildman–Crippen MR) is 108 cm³/mol. The summed E-state index contributed by atoms with van der Waals surface area (Å²) in [6.45, 7) is 0.775. The molecule has 1 heterocycles. The highest BCUT2D eigenvalue weighted by Crippen LogP contribution is 2.19. The van der Waals surface area contributed by atoms with Crippen LogP contribution in [0.5, 0.6) is 5.75 Å². The fourth-order valence-electron chi connectivity index (χ4n) is 3.41. The van der Waals surface area contributed by atoms with E-state index in [4.69, 9.17) is 4.74 Å². The Morgan fingerprint density at radius 2 is 1.96 bits per heavy atom. The molecule has 6 heteroatoms.